The second kappa shape index (κ2) is 19.7. The molecule has 1 aromatic carbocycles. The Balaban J connectivity index is 3.09. The number of hydrogen-bond acceptors (Lipinski definition) is 11. The molecule has 5 amide bonds. The van der Waals surface area contributed by atoms with Crippen LogP contribution in [0.3, 0.4) is 0 Å². The Bertz CT molecular complexity index is 1320. The van der Waals surface area contributed by atoms with Crippen molar-refractivity contribution in [3.63, 3.8) is 0 Å². The van der Waals surface area contributed by atoms with Gasteiger partial charge in [-0.2, -0.15) is 0 Å². The molecule has 10 N–H and O–H groups in total. The first-order valence-corrected chi connectivity index (χ1v) is 15.5. The Kier molecular flexibility index (Phi) is 16.9. The number of non-ortho nitro benzene ring substituents is 1. The molecule has 0 bridgehead atoms. The molecule has 19 heteroatoms. The smallest absolute Gasteiger partial charge is 0.408 e. The predicted octanol–water partition coefficient (Wildman–Crippen LogP) is -0.613. The largest absolute Gasteiger partial charge is 0.444 e. The minimum Gasteiger partial charge on any atom is -0.444 e. The van der Waals surface area contributed by atoms with Gasteiger partial charge in [-0.3, -0.25) is 34.7 Å². The molecule has 1 aromatic rings. The van der Waals surface area contributed by atoms with E-state index in [2.05, 4.69) is 31.9 Å². The topological polar surface area (TPSA) is 302 Å². The van der Waals surface area contributed by atoms with Gasteiger partial charge in [0, 0.05) is 18.7 Å². The summed E-state index contributed by atoms with van der Waals surface area (Å²) < 4.78 is 5.22. The fourth-order valence-electron chi connectivity index (χ4n) is 4.18. The summed E-state index contributed by atoms with van der Waals surface area (Å²) in [6.07, 6.45) is -2.05. The molecular weight excluding hydrogens is 646 g/mol. The number of nitrogens with one attached hydrogen (secondary N) is 6. The highest BCUT2D eigenvalue weighted by Crippen LogP contribution is 2.16. The number of nitrogens with zero attached hydrogens (tertiary/aromatic N) is 2. The molecule has 273 valence electrons. The van der Waals surface area contributed by atoms with Gasteiger partial charge in [0.2, 0.25) is 17.7 Å². The van der Waals surface area contributed by atoms with Gasteiger partial charge in [-0.15, -0.1) is 0 Å². The van der Waals surface area contributed by atoms with E-state index in [0.29, 0.717) is 0 Å². The van der Waals surface area contributed by atoms with Crippen molar-refractivity contribution in [1.29, 1.82) is 5.41 Å². The van der Waals surface area contributed by atoms with Crippen LogP contribution in [0.5, 0.6) is 0 Å². The van der Waals surface area contributed by atoms with Crippen LogP contribution in [-0.2, 0) is 23.9 Å². The molecule has 0 aliphatic heterocycles. The molecule has 5 atom stereocenters. The zero-order chi connectivity index (χ0) is 37.5. The number of nitro groups is 1. The minimum absolute atomic E-state index is 0.0287. The zero-order valence-electron chi connectivity index (χ0n) is 28.4. The van der Waals surface area contributed by atoms with Crippen LogP contribution >= 0.6 is 0 Å². The van der Waals surface area contributed by atoms with Crippen LogP contribution in [0.4, 0.5) is 16.2 Å². The van der Waals surface area contributed by atoms with Gasteiger partial charge in [0.25, 0.3) is 11.6 Å². The van der Waals surface area contributed by atoms with Gasteiger partial charge < -0.3 is 47.3 Å². The van der Waals surface area contributed by atoms with Crippen LogP contribution < -0.4 is 37.6 Å². The van der Waals surface area contributed by atoms with Gasteiger partial charge >= 0.3 is 6.09 Å². The van der Waals surface area contributed by atoms with Crippen molar-refractivity contribution in [2.24, 2.45) is 11.7 Å². The number of amides is 5. The third-order valence-corrected chi connectivity index (χ3v) is 6.49. The Labute approximate surface area is 284 Å². The Morgan fingerprint density at radius 2 is 1.53 bits per heavy atom. The first-order chi connectivity index (χ1) is 22.7. The third-order valence-electron chi connectivity index (χ3n) is 6.49. The van der Waals surface area contributed by atoms with E-state index in [9.17, 15) is 44.3 Å². The van der Waals surface area contributed by atoms with Gasteiger partial charge in [0.1, 0.15) is 29.8 Å². The first-order valence-electron chi connectivity index (χ1n) is 15.5. The molecule has 0 fully saturated rings. The lowest BCUT2D eigenvalue weighted by Crippen LogP contribution is -2.61. The second-order valence-corrected chi connectivity index (χ2v) is 12.6. The summed E-state index contributed by atoms with van der Waals surface area (Å²) in [5.74, 6) is -4.12. The molecule has 0 unspecified atom stereocenters. The number of guanidine groups is 1. The summed E-state index contributed by atoms with van der Waals surface area (Å²) in [6.45, 7) is 8.96. The van der Waals surface area contributed by atoms with Crippen molar-refractivity contribution in [3.8, 4) is 0 Å². The monoisotopic (exact) mass is 694 g/mol. The average Bonchev–Trinajstić information content (AvgIpc) is 2.98. The molecule has 0 saturated heterocycles. The maximum atomic E-state index is 13.3. The average molecular weight is 695 g/mol. The molecule has 0 heterocycles. The van der Waals surface area contributed by atoms with Crippen molar-refractivity contribution in [3.05, 3.63) is 34.4 Å². The maximum Gasteiger partial charge on any atom is 0.408 e. The van der Waals surface area contributed by atoms with E-state index < -0.39 is 77.1 Å². The molecule has 19 nitrogen and oxygen atoms in total. The van der Waals surface area contributed by atoms with Crippen LogP contribution in [0.15, 0.2) is 24.3 Å². The summed E-state index contributed by atoms with van der Waals surface area (Å²) >= 11 is 0. The molecule has 0 aromatic heterocycles. The Morgan fingerprint density at radius 3 is 2.02 bits per heavy atom. The van der Waals surface area contributed by atoms with Crippen molar-refractivity contribution in [2.45, 2.75) is 96.7 Å². The molecule has 0 spiro atoms. The summed E-state index contributed by atoms with van der Waals surface area (Å²) in [5, 5.41) is 54.5. The fourth-order valence-corrected chi connectivity index (χ4v) is 4.18. The summed E-state index contributed by atoms with van der Waals surface area (Å²) in [4.78, 5) is 75.3. The van der Waals surface area contributed by atoms with Gasteiger partial charge in [-0.1, -0.05) is 13.8 Å². The van der Waals surface area contributed by atoms with Gasteiger partial charge in [-0.25, -0.2) is 10.1 Å². The van der Waals surface area contributed by atoms with E-state index in [1.54, 1.807) is 34.6 Å². The number of nitrogens with two attached hydrogens (primary N) is 1. The number of ether oxygens (including phenoxy) is 1. The first kappa shape index (κ1) is 42.0. The van der Waals surface area contributed by atoms with Crippen LogP contribution in [0.1, 0.15) is 60.8 Å². The lowest BCUT2D eigenvalue weighted by Gasteiger charge is -2.27. The lowest BCUT2D eigenvalue weighted by atomic mass is 10.0. The summed E-state index contributed by atoms with van der Waals surface area (Å²) in [7, 11) is 0. The number of carbonyl (C=O) groups is 5. The minimum atomic E-state index is -1.67. The highest BCUT2D eigenvalue weighted by Gasteiger charge is 2.34. The summed E-state index contributed by atoms with van der Waals surface area (Å²) in [6, 6.07) is -0.963. The quantitative estimate of drug-likeness (QED) is 0.0306. The Morgan fingerprint density at radius 1 is 0.959 bits per heavy atom. The lowest BCUT2D eigenvalue weighted by molar-refractivity contribution is -0.384. The van der Waals surface area contributed by atoms with Crippen molar-refractivity contribution < 1.29 is 43.8 Å². The molecule has 0 aliphatic rings. The van der Waals surface area contributed by atoms with Gasteiger partial charge in [0.05, 0.1) is 23.3 Å². The van der Waals surface area contributed by atoms with Crippen molar-refractivity contribution >= 4 is 47.1 Å². The number of hydrogen-bond donors (Lipinski definition) is 9. The third kappa shape index (κ3) is 16.1. The molecule has 1 radical (unpaired) electrons. The second-order valence-electron chi connectivity index (χ2n) is 12.6. The SMILES string of the molecule is CC(C)C[C@H](NC(=O)OC(C)(C)C)C(=O)N[C@@H](CO)C(=O)N[C@H](C(=O)N[C@@H](CCCNC(=N)N)C(=O)[N]c1ccc([N+](=O)[O-])cc1)[C@@H](C)O. The van der Waals surface area contributed by atoms with Crippen molar-refractivity contribution in [1.82, 2.24) is 31.9 Å². The maximum absolute atomic E-state index is 13.3. The number of alkyl carbamates (subject to hydrolysis) is 1. The van der Waals surface area contributed by atoms with Crippen LogP contribution in [0, 0.1) is 21.4 Å². The van der Waals surface area contributed by atoms with Crippen LogP contribution in [-0.4, -0.2) is 99.8 Å². The van der Waals surface area contributed by atoms with Crippen LogP contribution in [0.2, 0.25) is 0 Å². The molecule has 1 rings (SSSR count). The zero-order valence-corrected chi connectivity index (χ0v) is 28.4. The normalized spacial score (nSPS) is 14.2. The van der Waals surface area contributed by atoms with E-state index in [1.165, 1.54) is 19.1 Å². The van der Waals surface area contributed by atoms with E-state index in [1.807, 2.05) is 0 Å². The Hall–Kier alpha value is -5.04. The standard InChI is InChI=1S/C30H48N9O10/c1-16(2)14-21(37-29(46)49-30(4,5)6)25(43)36-22(15-40)26(44)38-23(17(3)41)27(45)35-20(8-7-13-33-28(31)32)24(42)34-18-9-11-19(12-10-18)39(47)48/h9-12,16-17,20-23,40-41H,7-8,13-15H2,1-6H3,(H,35,45)(H,36,43)(H,37,46)(H,38,44)(H4,31,32,33)/t17-,20+,21+,22+,23+/m1/s1. The number of benzene rings is 1. The number of carbonyl (C=O) groups excluding carboxylic acids is 5. The predicted molar refractivity (Wildman–Crippen MR) is 176 cm³/mol. The molecule has 0 saturated carbocycles. The molecule has 0 aliphatic carbocycles. The molecular formula is C30H48N9O10. The fraction of sp³-hybridized carbons (Fsp3) is 0.600. The van der Waals surface area contributed by atoms with E-state index in [4.69, 9.17) is 15.9 Å². The highest BCUT2D eigenvalue weighted by atomic mass is 16.6. The van der Waals surface area contributed by atoms with Gasteiger partial charge in [-0.05, 0) is 65.0 Å². The molecule has 49 heavy (non-hydrogen) atoms. The number of aliphatic hydroxyl groups excluding tert-OH is 2. The van der Waals surface area contributed by atoms with E-state index >= 15 is 0 Å². The van der Waals surface area contributed by atoms with Crippen molar-refractivity contribution in [2.75, 3.05) is 13.2 Å². The van der Waals surface area contributed by atoms with Gasteiger partial charge in [0.15, 0.2) is 5.96 Å². The highest BCUT2D eigenvalue weighted by molar-refractivity contribution is 5.96. The van der Waals surface area contributed by atoms with Crippen LogP contribution in [0.25, 0.3) is 0 Å². The number of nitro benzene ring substituents is 1. The number of aliphatic hydroxyl groups is 2. The van der Waals surface area contributed by atoms with E-state index in [0.717, 1.165) is 12.1 Å². The van der Waals surface area contributed by atoms with E-state index in [-0.39, 0.29) is 49.1 Å². The summed E-state index contributed by atoms with van der Waals surface area (Å²) in [5.41, 5.74) is 4.28. The number of rotatable bonds is 18.